The van der Waals surface area contributed by atoms with Gasteiger partial charge in [-0.15, -0.1) is 11.3 Å². The molecule has 84 valence electrons. The molecule has 1 unspecified atom stereocenters. The average molecular weight is 297 g/mol. The van der Waals surface area contributed by atoms with E-state index in [9.17, 15) is 5.11 Å². The van der Waals surface area contributed by atoms with E-state index in [0.29, 0.717) is 0 Å². The van der Waals surface area contributed by atoms with Crippen LogP contribution in [0.15, 0.2) is 33.4 Å². The molecule has 1 nitrogen and oxygen atoms in total. The van der Waals surface area contributed by atoms with Crippen LogP contribution < -0.4 is 0 Å². The monoisotopic (exact) mass is 296 g/mol. The lowest BCUT2D eigenvalue weighted by atomic mass is 9.98. The van der Waals surface area contributed by atoms with Crippen molar-refractivity contribution in [2.24, 2.45) is 0 Å². The smallest absolute Gasteiger partial charge is 0.105 e. The number of aryl methyl sites for hydroxylation is 2. The van der Waals surface area contributed by atoms with Gasteiger partial charge in [-0.2, -0.15) is 0 Å². The summed E-state index contributed by atoms with van der Waals surface area (Å²) in [5.74, 6) is 0. The van der Waals surface area contributed by atoms with Crippen LogP contribution in [0.25, 0.3) is 0 Å². The Kier molecular flexibility index (Phi) is 3.47. The predicted octanol–water partition coefficient (Wildman–Crippen LogP) is 4.21. The number of benzene rings is 1. The second kappa shape index (κ2) is 4.70. The van der Waals surface area contributed by atoms with Crippen LogP contribution in [0, 0.1) is 13.8 Å². The average Bonchev–Trinajstić information content (AvgIpc) is 2.64. The van der Waals surface area contributed by atoms with E-state index in [4.69, 9.17) is 0 Å². The third-order valence-electron chi connectivity index (χ3n) is 2.62. The van der Waals surface area contributed by atoms with Crippen LogP contribution in [0.5, 0.6) is 0 Å². The van der Waals surface area contributed by atoms with Crippen LogP contribution >= 0.6 is 27.3 Å². The Morgan fingerprint density at radius 3 is 2.56 bits per heavy atom. The Balaban J connectivity index is 2.37. The third-order valence-corrected chi connectivity index (χ3v) is 4.15. The van der Waals surface area contributed by atoms with Crippen LogP contribution in [-0.4, -0.2) is 5.11 Å². The number of hydrogen-bond acceptors (Lipinski definition) is 2. The minimum absolute atomic E-state index is 0.525. The zero-order valence-electron chi connectivity index (χ0n) is 9.20. The summed E-state index contributed by atoms with van der Waals surface area (Å²) in [5, 5.41) is 12.2. The van der Waals surface area contributed by atoms with E-state index in [1.165, 1.54) is 5.56 Å². The lowest BCUT2D eigenvalue weighted by Crippen LogP contribution is -2.00. The largest absolute Gasteiger partial charge is 0.384 e. The Morgan fingerprint density at radius 1 is 1.25 bits per heavy atom. The molecule has 0 amide bonds. The zero-order valence-corrected chi connectivity index (χ0v) is 11.6. The molecule has 0 saturated heterocycles. The van der Waals surface area contributed by atoms with E-state index in [1.54, 1.807) is 11.3 Å². The van der Waals surface area contributed by atoms with Crippen LogP contribution in [0.1, 0.15) is 28.4 Å². The van der Waals surface area contributed by atoms with Gasteiger partial charge in [0.25, 0.3) is 0 Å². The Labute approximate surface area is 108 Å². The van der Waals surface area contributed by atoms with Gasteiger partial charge in [0.05, 0.1) is 3.79 Å². The maximum atomic E-state index is 10.3. The summed E-state index contributed by atoms with van der Waals surface area (Å²) in [5.41, 5.74) is 4.29. The zero-order chi connectivity index (χ0) is 11.7. The molecule has 0 saturated carbocycles. The summed E-state index contributed by atoms with van der Waals surface area (Å²) in [7, 11) is 0. The van der Waals surface area contributed by atoms with Gasteiger partial charge in [-0.3, -0.25) is 0 Å². The number of aliphatic hydroxyl groups excluding tert-OH is 1. The quantitative estimate of drug-likeness (QED) is 0.880. The second-order valence-electron chi connectivity index (χ2n) is 3.95. The topological polar surface area (TPSA) is 20.2 Å². The van der Waals surface area contributed by atoms with Crippen molar-refractivity contribution in [1.29, 1.82) is 0 Å². The summed E-state index contributed by atoms with van der Waals surface area (Å²) in [6, 6.07) is 8.10. The third kappa shape index (κ3) is 2.37. The van der Waals surface area contributed by atoms with Gasteiger partial charge in [-0.1, -0.05) is 23.8 Å². The molecular weight excluding hydrogens is 284 g/mol. The van der Waals surface area contributed by atoms with Crippen LogP contribution in [0.2, 0.25) is 0 Å². The second-order valence-corrected chi connectivity index (χ2v) is 6.24. The van der Waals surface area contributed by atoms with Gasteiger partial charge in [0.1, 0.15) is 6.10 Å². The molecule has 0 spiro atoms. The maximum absolute atomic E-state index is 10.3. The molecule has 0 fully saturated rings. The first kappa shape index (κ1) is 11.8. The highest BCUT2D eigenvalue weighted by atomic mass is 79.9. The Hall–Kier alpha value is -0.640. The summed E-state index contributed by atoms with van der Waals surface area (Å²) < 4.78 is 1.05. The van der Waals surface area contributed by atoms with Gasteiger partial charge in [0.15, 0.2) is 0 Å². The van der Waals surface area contributed by atoms with E-state index in [0.717, 1.165) is 20.5 Å². The fourth-order valence-electron chi connectivity index (χ4n) is 1.78. The number of thiophene rings is 1. The van der Waals surface area contributed by atoms with Gasteiger partial charge in [-0.25, -0.2) is 0 Å². The van der Waals surface area contributed by atoms with Gasteiger partial charge in [-0.05, 0) is 57.9 Å². The lowest BCUT2D eigenvalue weighted by molar-refractivity contribution is 0.220. The molecule has 1 aromatic carbocycles. The van der Waals surface area contributed by atoms with Crippen molar-refractivity contribution in [2.45, 2.75) is 20.0 Å². The fourth-order valence-corrected chi connectivity index (χ4v) is 2.97. The van der Waals surface area contributed by atoms with Gasteiger partial charge in [0, 0.05) is 0 Å². The molecule has 1 N–H and O–H groups in total. The summed E-state index contributed by atoms with van der Waals surface area (Å²) >= 11 is 5.00. The molecule has 16 heavy (non-hydrogen) atoms. The van der Waals surface area contributed by atoms with Crippen molar-refractivity contribution in [3.63, 3.8) is 0 Å². The van der Waals surface area contributed by atoms with Gasteiger partial charge >= 0.3 is 0 Å². The van der Waals surface area contributed by atoms with Gasteiger partial charge < -0.3 is 5.11 Å². The number of rotatable bonds is 2. The molecule has 2 rings (SSSR count). The Morgan fingerprint density at radius 2 is 2.00 bits per heavy atom. The van der Waals surface area contributed by atoms with Crippen molar-refractivity contribution < 1.29 is 5.11 Å². The fraction of sp³-hybridized carbons (Fsp3) is 0.231. The van der Waals surface area contributed by atoms with Crippen molar-refractivity contribution in [3.05, 3.63) is 55.7 Å². The Bertz CT molecular complexity index is 504. The first-order valence-electron chi connectivity index (χ1n) is 5.07. The minimum atomic E-state index is -0.525. The normalized spacial score (nSPS) is 12.8. The van der Waals surface area contributed by atoms with Gasteiger partial charge in [0.2, 0.25) is 0 Å². The van der Waals surface area contributed by atoms with E-state index >= 15 is 0 Å². The van der Waals surface area contributed by atoms with Crippen molar-refractivity contribution >= 4 is 27.3 Å². The summed E-state index contributed by atoms with van der Waals surface area (Å²) in [6.07, 6.45) is -0.525. The van der Waals surface area contributed by atoms with E-state index in [-0.39, 0.29) is 0 Å². The van der Waals surface area contributed by atoms with Crippen LogP contribution in [0.3, 0.4) is 0 Å². The molecule has 0 aliphatic rings. The first-order valence-corrected chi connectivity index (χ1v) is 6.74. The van der Waals surface area contributed by atoms with Crippen molar-refractivity contribution in [2.75, 3.05) is 0 Å². The number of halogens is 1. The first-order chi connectivity index (χ1) is 7.58. The highest BCUT2D eigenvalue weighted by Crippen LogP contribution is 2.30. The molecule has 1 atom stereocenters. The standard InChI is InChI=1S/C13H13BrOS/c1-8-3-4-11(9(2)5-8)13(15)10-6-12(14)16-7-10/h3-7,13,15H,1-2H3. The molecule has 0 aliphatic heterocycles. The van der Waals surface area contributed by atoms with E-state index in [1.807, 2.05) is 30.5 Å². The molecule has 0 aliphatic carbocycles. The van der Waals surface area contributed by atoms with E-state index < -0.39 is 6.10 Å². The molecule has 3 heteroatoms. The number of hydrogen-bond donors (Lipinski definition) is 1. The van der Waals surface area contributed by atoms with Crippen molar-refractivity contribution in [1.82, 2.24) is 0 Å². The minimum Gasteiger partial charge on any atom is -0.384 e. The molecule has 1 heterocycles. The van der Waals surface area contributed by atoms with E-state index in [2.05, 4.69) is 28.9 Å². The molecule has 0 radical (unpaired) electrons. The van der Waals surface area contributed by atoms with Crippen LogP contribution in [-0.2, 0) is 0 Å². The molecular formula is C13H13BrOS. The maximum Gasteiger partial charge on any atom is 0.105 e. The SMILES string of the molecule is Cc1ccc(C(O)c2csc(Br)c2)c(C)c1. The summed E-state index contributed by atoms with van der Waals surface area (Å²) in [6.45, 7) is 4.09. The summed E-state index contributed by atoms with van der Waals surface area (Å²) in [4.78, 5) is 0. The van der Waals surface area contributed by atoms with Crippen LogP contribution in [0.4, 0.5) is 0 Å². The molecule has 2 aromatic rings. The highest BCUT2D eigenvalue weighted by Gasteiger charge is 2.14. The molecule has 0 bridgehead atoms. The molecule has 1 aromatic heterocycles. The highest BCUT2D eigenvalue weighted by molar-refractivity contribution is 9.11. The number of aliphatic hydroxyl groups is 1. The van der Waals surface area contributed by atoms with Crippen molar-refractivity contribution in [3.8, 4) is 0 Å². The lowest BCUT2D eigenvalue weighted by Gasteiger charge is -2.13. The predicted molar refractivity (Wildman–Crippen MR) is 72.0 cm³/mol.